The number of aromatic nitrogens is 2. The summed E-state index contributed by atoms with van der Waals surface area (Å²) >= 11 is 0. The van der Waals surface area contributed by atoms with Gasteiger partial charge in [-0.15, -0.1) is 0 Å². The number of amides is 2. The van der Waals surface area contributed by atoms with E-state index in [2.05, 4.69) is 15.6 Å². The molecule has 1 aromatic carbocycles. The van der Waals surface area contributed by atoms with E-state index >= 15 is 0 Å². The molecule has 0 saturated heterocycles. The van der Waals surface area contributed by atoms with Crippen LogP contribution in [0.2, 0.25) is 0 Å². The zero-order valence-corrected chi connectivity index (χ0v) is 17.1. The molecule has 2 aromatic heterocycles. The number of ether oxygens (including phenoxy) is 1. The van der Waals surface area contributed by atoms with Crippen molar-refractivity contribution in [2.75, 3.05) is 5.32 Å². The van der Waals surface area contributed by atoms with Crippen LogP contribution in [0.3, 0.4) is 0 Å². The van der Waals surface area contributed by atoms with Crippen molar-refractivity contribution in [2.24, 2.45) is 0 Å². The van der Waals surface area contributed by atoms with Crippen LogP contribution in [0.5, 0.6) is 5.75 Å². The van der Waals surface area contributed by atoms with Gasteiger partial charge in [0.15, 0.2) is 5.69 Å². The number of imidazole rings is 1. The third-order valence-electron chi connectivity index (χ3n) is 4.44. The van der Waals surface area contributed by atoms with E-state index in [4.69, 9.17) is 4.74 Å². The van der Waals surface area contributed by atoms with Gasteiger partial charge in [-0.1, -0.05) is 13.0 Å². The van der Waals surface area contributed by atoms with Crippen molar-refractivity contribution in [3.05, 3.63) is 60.2 Å². The lowest BCUT2D eigenvalue weighted by Gasteiger charge is -2.10. The Labute approximate surface area is 170 Å². The van der Waals surface area contributed by atoms with Crippen LogP contribution in [-0.2, 0) is 0 Å². The summed E-state index contributed by atoms with van der Waals surface area (Å²) in [6, 6.07) is 12.5. The molecule has 0 aliphatic heterocycles. The number of fused-ring (bicyclic) bond motifs is 1. The van der Waals surface area contributed by atoms with Crippen LogP contribution in [0.15, 0.2) is 48.7 Å². The zero-order chi connectivity index (χ0) is 21.0. The molecule has 3 rings (SSSR count). The molecule has 0 fully saturated rings. The Morgan fingerprint density at radius 2 is 1.79 bits per heavy atom. The highest BCUT2D eigenvalue weighted by molar-refractivity contribution is 6.06. The molecule has 0 bridgehead atoms. The number of nitrogens with zero attached hydrogens (tertiary/aromatic N) is 2. The van der Waals surface area contributed by atoms with Crippen LogP contribution >= 0.6 is 0 Å². The summed E-state index contributed by atoms with van der Waals surface area (Å²) in [5, 5.41) is 5.73. The first-order valence-corrected chi connectivity index (χ1v) is 9.75. The van der Waals surface area contributed by atoms with Gasteiger partial charge in [0.1, 0.15) is 5.75 Å². The molecule has 0 aliphatic rings. The molecule has 0 saturated carbocycles. The molecule has 1 unspecified atom stereocenters. The molecule has 7 heteroatoms. The number of hydrogen-bond donors (Lipinski definition) is 2. The standard InChI is InChI=1S/C22H26N4O3/c1-5-15(4)23-21(27)19-18-8-6-7-13-26(18)20(25-19)22(28)24-16-9-11-17(12-10-16)29-14(2)3/h6-15H,5H2,1-4H3,(H,23,27)(H,24,28). The van der Waals surface area contributed by atoms with Crippen molar-refractivity contribution in [1.82, 2.24) is 14.7 Å². The van der Waals surface area contributed by atoms with Crippen molar-refractivity contribution in [1.29, 1.82) is 0 Å². The van der Waals surface area contributed by atoms with Crippen molar-refractivity contribution in [3.63, 3.8) is 0 Å². The van der Waals surface area contributed by atoms with E-state index < -0.39 is 5.91 Å². The van der Waals surface area contributed by atoms with Crippen LogP contribution in [0, 0.1) is 0 Å². The van der Waals surface area contributed by atoms with Gasteiger partial charge < -0.3 is 15.4 Å². The number of benzene rings is 1. The lowest BCUT2D eigenvalue weighted by atomic mass is 10.2. The summed E-state index contributed by atoms with van der Waals surface area (Å²) in [6.45, 7) is 7.82. The Kier molecular flexibility index (Phi) is 6.16. The summed E-state index contributed by atoms with van der Waals surface area (Å²) in [6.07, 6.45) is 2.60. The van der Waals surface area contributed by atoms with Crippen molar-refractivity contribution >= 4 is 23.0 Å². The number of anilines is 1. The average Bonchev–Trinajstić information content (AvgIpc) is 3.09. The van der Waals surface area contributed by atoms with Crippen LogP contribution < -0.4 is 15.4 Å². The zero-order valence-electron chi connectivity index (χ0n) is 17.1. The molecule has 0 radical (unpaired) electrons. The van der Waals surface area contributed by atoms with Gasteiger partial charge in [0.25, 0.3) is 11.8 Å². The van der Waals surface area contributed by atoms with E-state index in [1.165, 1.54) is 0 Å². The monoisotopic (exact) mass is 394 g/mol. The molecule has 2 amide bonds. The first kappa shape index (κ1) is 20.4. The second kappa shape index (κ2) is 8.77. The molecule has 0 aliphatic carbocycles. The Hall–Kier alpha value is -3.35. The van der Waals surface area contributed by atoms with Gasteiger partial charge in [0, 0.05) is 17.9 Å². The third-order valence-corrected chi connectivity index (χ3v) is 4.44. The van der Waals surface area contributed by atoms with Crippen LogP contribution in [0.1, 0.15) is 55.2 Å². The van der Waals surface area contributed by atoms with Gasteiger partial charge in [-0.2, -0.15) is 0 Å². The lowest BCUT2D eigenvalue weighted by Crippen LogP contribution is -2.32. The van der Waals surface area contributed by atoms with Crippen LogP contribution in [0.4, 0.5) is 5.69 Å². The van der Waals surface area contributed by atoms with Crippen molar-refractivity contribution in [3.8, 4) is 5.75 Å². The second-order valence-electron chi connectivity index (χ2n) is 7.17. The Balaban J connectivity index is 1.85. The predicted molar refractivity (Wildman–Crippen MR) is 113 cm³/mol. The van der Waals surface area contributed by atoms with E-state index in [-0.39, 0.29) is 29.6 Å². The molecule has 7 nitrogen and oxygen atoms in total. The fourth-order valence-corrected chi connectivity index (χ4v) is 2.84. The van der Waals surface area contributed by atoms with Gasteiger partial charge in [-0.3, -0.25) is 14.0 Å². The van der Waals surface area contributed by atoms with Gasteiger partial charge in [0.05, 0.1) is 11.6 Å². The van der Waals surface area contributed by atoms with E-state index in [9.17, 15) is 9.59 Å². The second-order valence-corrected chi connectivity index (χ2v) is 7.17. The van der Waals surface area contributed by atoms with E-state index in [1.54, 1.807) is 47.0 Å². The number of pyridine rings is 1. The van der Waals surface area contributed by atoms with Crippen molar-refractivity contribution < 1.29 is 14.3 Å². The van der Waals surface area contributed by atoms with Crippen LogP contribution in [-0.4, -0.2) is 33.3 Å². The molecule has 2 heterocycles. The minimum atomic E-state index is -0.397. The average molecular weight is 394 g/mol. The molecular formula is C22H26N4O3. The number of rotatable bonds is 7. The largest absolute Gasteiger partial charge is 0.491 e. The molecule has 3 aromatic rings. The molecule has 2 N–H and O–H groups in total. The molecular weight excluding hydrogens is 368 g/mol. The smallest absolute Gasteiger partial charge is 0.292 e. The first-order valence-electron chi connectivity index (χ1n) is 9.75. The summed E-state index contributed by atoms with van der Waals surface area (Å²) < 4.78 is 7.24. The highest BCUT2D eigenvalue weighted by atomic mass is 16.5. The summed E-state index contributed by atoms with van der Waals surface area (Å²) in [5.74, 6) is 0.189. The lowest BCUT2D eigenvalue weighted by molar-refractivity contribution is 0.0936. The summed E-state index contributed by atoms with van der Waals surface area (Å²) in [7, 11) is 0. The number of nitrogens with one attached hydrogen (secondary N) is 2. The highest BCUT2D eigenvalue weighted by Gasteiger charge is 2.22. The molecule has 152 valence electrons. The van der Waals surface area contributed by atoms with E-state index in [1.807, 2.05) is 33.8 Å². The minimum absolute atomic E-state index is 0.0202. The normalized spacial score (nSPS) is 12.0. The summed E-state index contributed by atoms with van der Waals surface area (Å²) in [5.41, 5.74) is 1.43. The van der Waals surface area contributed by atoms with E-state index in [0.29, 0.717) is 11.2 Å². The quantitative estimate of drug-likeness (QED) is 0.636. The molecule has 0 spiro atoms. The number of hydrogen-bond acceptors (Lipinski definition) is 4. The van der Waals surface area contributed by atoms with Gasteiger partial charge >= 0.3 is 0 Å². The SMILES string of the molecule is CCC(C)NC(=O)c1nc(C(=O)Nc2ccc(OC(C)C)cc2)n2ccccc12. The number of carbonyl (C=O) groups excluding carboxylic acids is 2. The van der Waals surface area contributed by atoms with Crippen LogP contribution in [0.25, 0.3) is 5.52 Å². The predicted octanol–water partition coefficient (Wildman–Crippen LogP) is 3.90. The fourth-order valence-electron chi connectivity index (χ4n) is 2.84. The first-order chi connectivity index (χ1) is 13.9. The maximum Gasteiger partial charge on any atom is 0.292 e. The molecule has 29 heavy (non-hydrogen) atoms. The molecule has 1 atom stereocenters. The maximum atomic E-state index is 12.8. The summed E-state index contributed by atoms with van der Waals surface area (Å²) in [4.78, 5) is 29.8. The fraction of sp³-hybridized carbons (Fsp3) is 0.318. The third kappa shape index (κ3) is 4.74. The van der Waals surface area contributed by atoms with Gasteiger partial charge in [0.2, 0.25) is 5.82 Å². The maximum absolute atomic E-state index is 12.8. The topological polar surface area (TPSA) is 84.7 Å². The van der Waals surface area contributed by atoms with Gasteiger partial charge in [-0.25, -0.2) is 4.98 Å². The van der Waals surface area contributed by atoms with Crippen molar-refractivity contribution in [2.45, 2.75) is 46.3 Å². The van der Waals surface area contributed by atoms with E-state index in [0.717, 1.165) is 12.2 Å². The van der Waals surface area contributed by atoms with Gasteiger partial charge in [-0.05, 0) is 63.6 Å². The Morgan fingerprint density at radius 3 is 2.45 bits per heavy atom. The minimum Gasteiger partial charge on any atom is -0.491 e. The Bertz CT molecular complexity index is 1010. The highest BCUT2D eigenvalue weighted by Crippen LogP contribution is 2.19. The Morgan fingerprint density at radius 1 is 1.07 bits per heavy atom. The number of carbonyl (C=O) groups is 2.